The van der Waals surface area contributed by atoms with Crippen molar-refractivity contribution in [3.8, 4) is 0 Å². The van der Waals surface area contributed by atoms with Crippen molar-refractivity contribution in [1.82, 2.24) is 0 Å². The Bertz CT molecular complexity index is 567. The summed E-state index contributed by atoms with van der Waals surface area (Å²) in [5.74, 6) is 1.07. The van der Waals surface area contributed by atoms with Crippen molar-refractivity contribution in [2.45, 2.75) is 38.0 Å². The molecule has 2 aromatic carbocycles. The van der Waals surface area contributed by atoms with Gasteiger partial charge in [-0.1, -0.05) is 51.1 Å². The second-order valence-electron chi connectivity index (χ2n) is 6.36. The second-order valence-corrected chi connectivity index (χ2v) is 7.53. The lowest BCUT2D eigenvalue weighted by Gasteiger charge is -2.19. The van der Waals surface area contributed by atoms with Crippen LogP contribution in [-0.4, -0.2) is 12.3 Å². The van der Waals surface area contributed by atoms with Gasteiger partial charge in [-0.2, -0.15) is 0 Å². The fourth-order valence-electron chi connectivity index (χ4n) is 2.18. The molecule has 21 heavy (non-hydrogen) atoms. The lowest BCUT2D eigenvalue weighted by atomic mass is 9.87. The third-order valence-corrected chi connectivity index (χ3v) is 4.57. The maximum Gasteiger partial charge on any atom is 0.0370 e. The summed E-state index contributed by atoms with van der Waals surface area (Å²) in [5.41, 5.74) is 4.17. The molecule has 2 aromatic rings. The van der Waals surface area contributed by atoms with Gasteiger partial charge >= 0.3 is 0 Å². The first kappa shape index (κ1) is 16.0. The molecule has 112 valence electrons. The van der Waals surface area contributed by atoms with E-state index in [1.54, 1.807) is 0 Å². The van der Waals surface area contributed by atoms with Crippen molar-refractivity contribution < 1.29 is 0 Å². The van der Waals surface area contributed by atoms with E-state index in [1.807, 2.05) is 11.8 Å². The maximum absolute atomic E-state index is 3.50. The van der Waals surface area contributed by atoms with Gasteiger partial charge in [0.05, 0.1) is 0 Å². The van der Waals surface area contributed by atoms with E-state index in [9.17, 15) is 0 Å². The first-order valence-corrected chi connectivity index (χ1v) is 8.48. The summed E-state index contributed by atoms with van der Waals surface area (Å²) >= 11 is 1.90. The summed E-state index contributed by atoms with van der Waals surface area (Å²) in [4.78, 5) is 1.34. The van der Waals surface area contributed by atoms with Crippen molar-refractivity contribution in [3.63, 3.8) is 0 Å². The third-order valence-electron chi connectivity index (χ3n) is 3.55. The number of thioether (sulfide) groups is 1. The Labute approximate surface area is 133 Å². The van der Waals surface area contributed by atoms with E-state index in [1.165, 1.54) is 21.7 Å². The van der Waals surface area contributed by atoms with E-state index >= 15 is 0 Å². The van der Waals surface area contributed by atoms with Crippen LogP contribution in [0.3, 0.4) is 0 Å². The van der Waals surface area contributed by atoms with Gasteiger partial charge in [-0.25, -0.2) is 0 Å². The van der Waals surface area contributed by atoms with Crippen molar-refractivity contribution in [1.29, 1.82) is 0 Å². The SMILES string of the molecule is Cc1ccccc1NCCSc1ccc(C(C)(C)C)cc1. The lowest BCUT2D eigenvalue weighted by Crippen LogP contribution is -2.10. The zero-order chi connectivity index (χ0) is 15.3. The average molecular weight is 299 g/mol. The number of anilines is 1. The Kier molecular flexibility index (Phi) is 5.35. The fraction of sp³-hybridized carbons (Fsp3) is 0.368. The Balaban J connectivity index is 1.80. The number of aryl methyl sites for hydroxylation is 1. The molecule has 2 rings (SSSR count). The molecular formula is C19H25NS. The van der Waals surface area contributed by atoms with Gasteiger partial charge in [0.2, 0.25) is 0 Å². The van der Waals surface area contributed by atoms with Crippen LogP contribution < -0.4 is 5.32 Å². The van der Waals surface area contributed by atoms with Crippen LogP contribution in [0.4, 0.5) is 5.69 Å². The molecule has 0 saturated carbocycles. The van der Waals surface area contributed by atoms with Crippen LogP contribution in [0.25, 0.3) is 0 Å². The van der Waals surface area contributed by atoms with E-state index in [-0.39, 0.29) is 5.41 Å². The highest BCUT2D eigenvalue weighted by molar-refractivity contribution is 7.99. The van der Waals surface area contributed by atoms with E-state index in [0.717, 1.165) is 12.3 Å². The quantitative estimate of drug-likeness (QED) is 0.578. The average Bonchev–Trinajstić information content (AvgIpc) is 2.45. The highest BCUT2D eigenvalue weighted by Crippen LogP contribution is 2.25. The van der Waals surface area contributed by atoms with Crippen LogP contribution in [-0.2, 0) is 5.41 Å². The largest absolute Gasteiger partial charge is 0.384 e. The second kappa shape index (κ2) is 7.04. The number of para-hydroxylation sites is 1. The molecule has 0 unspecified atom stereocenters. The summed E-state index contributed by atoms with van der Waals surface area (Å²) in [6.07, 6.45) is 0. The normalized spacial score (nSPS) is 11.4. The zero-order valence-corrected chi connectivity index (χ0v) is 14.3. The summed E-state index contributed by atoms with van der Waals surface area (Å²) in [6, 6.07) is 17.4. The standard InChI is InChI=1S/C19H25NS/c1-15-7-5-6-8-18(15)20-13-14-21-17-11-9-16(10-12-17)19(2,3)4/h5-12,20H,13-14H2,1-4H3. The van der Waals surface area contributed by atoms with Gasteiger partial charge in [0.15, 0.2) is 0 Å². The van der Waals surface area contributed by atoms with Gasteiger partial charge in [0, 0.05) is 22.9 Å². The van der Waals surface area contributed by atoms with E-state index in [4.69, 9.17) is 0 Å². The molecule has 2 heteroatoms. The minimum absolute atomic E-state index is 0.232. The highest BCUT2D eigenvalue weighted by Gasteiger charge is 2.12. The Hall–Kier alpha value is -1.41. The molecule has 1 nitrogen and oxygen atoms in total. The number of nitrogens with one attached hydrogen (secondary N) is 1. The number of hydrogen-bond acceptors (Lipinski definition) is 2. The summed E-state index contributed by atoms with van der Waals surface area (Å²) in [5, 5.41) is 3.50. The maximum atomic E-state index is 3.50. The zero-order valence-electron chi connectivity index (χ0n) is 13.4. The van der Waals surface area contributed by atoms with E-state index < -0.39 is 0 Å². The highest BCUT2D eigenvalue weighted by atomic mass is 32.2. The Morgan fingerprint density at radius 1 is 0.952 bits per heavy atom. The van der Waals surface area contributed by atoms with Crippen LogP contribution in [0.1, 0.15) is 31.9 Å². The molecule has 0 aliphatic heterocycles. The lowest BCUT2D eigenvalue weighted by molar-refractivity contribution is 0.590. The van der Waals surface area contributed by atoms with Crippen LogP contribution in [0.15, 0.2) is 53.4 Å². The predicted molar refractivity (Wildman–Crippen MR) is 95.5 cm³/mol. The smallest absolute Gasteiger partial charge is 0.0370 e. The minimum atomic E-state index is 0.232. The van der Waals surface area contributed by atoms with Gasteiger partial charge in [0.1, 0.15) is 0 Å². The molecule has 1 N–H and O–H groups in total. The van der Waals surface area contributed by atoms with Gasteiger partial charge in [0.25, 0.3) is 0 Å². The van der Waals surface area contributed by atoms with Crippen LogP contribution >= 0.6 is 11.8 Å². The van der Waals surface area contributed by atoms with Crippen LogP contribution in [0.5, 0.6) is 0 Å². The van der Waals surface area contributed by atoms with Crippen molar-refractivity contribution in [2.75, 3.05) is 17.6 Å². The molecule has 0 bridgehead atoms. The van der Waals surface area contributed by atoms with Crippen LogP contribution in [0.2, 0.25) is 0 Å². The van der Waals surface area contributed by atoms with Gasteiger partial charge in [-0.05, 0) is 41.7 Å². The van der Waals surface area contributed by atoms with Crippen molar-refractivity contribution >= 4 is 17.4 Å². The molecule has 0 aliphatic rings. The molecular weight excluding hydrogens is 274 g/mol. The fourth-order valence-corrected chi connectivity index (χ4v) is 2.95. The first-order valence-electron chi connectivity index (χ1n) is 7.50. The predicted octanol–water partition coefficient (Wildman–Crippen LogP) is 5.50. The molecule has 0 saturated heterocycles. The topological polar surface area (TPSA) is 12.0 Å². The molecule has 0 fully saturated rings. The van der Waals surface area contributed by atoms with E-state index in [2.05, 4.69) is 81.5 Å². The monoisotopic (exact) mass is 299 g/mol. The molecule has 0 spiro atoms. The first-order chi connectivity index (χ1) is 9.97. The van der Waals surface area contributed by atoms with E-state index in [0.29, 0.717) is 0 Å². The number of hydrogen-bond donors (Lipinski definition) is 1. The summed E-state index contributed by atoms with van der Waals surface area (Å²) in [7, 11) is 0. The molecule has 0 aliphatic carbocycles. The van der Waals surface area contributed by atoms with Crippen molar-refractivity contribution in [2.24, 2.45) is 0 Å². The number of benzene rings is 2. The molecule has 0 aromatic heterocycles. The van der Waals surface area contributed by atoms with Gasteiger partial charge in [-0.15, -0.1) is 11.8 Å². The summed E-state index contributed by atoms with van der Waals surface area (Å²) < 4.78 is 0. The van der Waals surface area contributed by atoms with Crippen LogP contribution in [0, 0.1) is 6.92 Å². The molecule has 0 radical (unpaired) electrons. The van der Waals surface area contributed by atoms with Crippen molar-refractivity contribution in [3.05, 3.63) is 59.7 Å². The number of rotatable bonds is 5. The Morgan fingerprint density at radius 2 is 1.62 bits per heavy atom. The Morgan fingerprint density at radius 3 is 2.24 bits per heavy atom. The third kappa shape index (κ3) is 4.82. The van der Waals surface area contributed by atoms with Gasteiger partial charge in [-0.3, -0.25) is 0 Å². The summed E-state index contributed by atoms with van der Waals surface area (Å²) in [6.45, 7) is 9.88. The molecule has 0 atom stereocenters. The van der Waals surface area contributed by atoms with Gasteiger partial charge < -0.3 is 5.32 Å². The minimum Gasteiger partial charge on any atom is -0.384 e. The molecule has 0 heterocycles. The molecule has 0 amide bonds.